The maximum Gasteiger partial charge on any atom is 0.469 e. The number of carbonyl (C=O) groups excluding carboxylic acids is 1. The fraction of sp³-hybridized carbons (Fsp3) is 0.833. The van der Waals surface area contributed by atoms with E-state index >= 15 is 0 Å². The van der Waals surface area contributed by atoms with Gasteiger partial charge in [-0.25, -0.2) is 9.36 Å². The summed E-state index contributed by atoms with van der Waals surface area (Å²) in [5.41, 5.74) is 0. The second-order valence-electron chi connectivity index (χ2n) is 3.19. The second-order valence-corrected chi connectivity index (χ2v) is 4.43. The summed E-state index contributed by atoms with van der Waals surface area (Å²) in [6.45, 7) is -0.791. The quantitative estimate of drug-likeness (QED) is 0.265. The van der Waals surface area contributed by atoms with Crippen molar-refractivity contribution < 1.29 is 43.7 Å². The van der Waals surface area contributed by atoms with Gasteiger partial charge >= 0.3 is 13.8 Å². The van der Waals surface area contributed by atoms with Crippen molar-refractivity contribution in [1.29, 1.82) is 0 Å². The molecular weight excluding hydrogens is 247 g/mol. The van der Waals surface area contributed by atoms with E-state index in [1.807, 2.05) is 0 Å². The Labute approximate surface area is 89.5 Å². The smallest absolute Gasteiger partial charge is 0.455 e. The number of ether oxygens (including phenoxy) is 1. The molecule has 1 rings (SSSR count). The number of cyclic esters (lactones) is 1. The lowest BCUT2D eigenvalue weighted by atomic mass is 10.0. The molecule has 1 aliphatic rings. The van der Waals surface area contributed by atoms with E-state index < -0.39 is 44.8 Å². The Morgan fingerprint density at radius 2 is 1.81 bits per heavy atom. The Morgan fingerprint density at radius 1 is 1.25 bits per heavy atom. The minimum absolute atomic E-state index is 0.791. The third kappa shape index (κ3) is 3.22. The van der Waals surface area contributed by atoms with Crippen LogP contribution in [-0.2, 0) is 18.6 Å². The van der Waals surface area contributed by atoms with E-state index in [0.717, 1.165) is 0 Å². The lowest BCUT2D eigenvalue weighted by Gasteiger charge is -2.33. The van der Waals surface area contributed by atoms with Crippen LogP contribution in [0.5, 0.6) is 0 Å². The molecule has 1 saturated heterocycles. The first-order chi connectivity index (χ1) is 7.22. The molecule has 9 nitrogen and oxygen atoms in total. The summed E-state index contributed by atoms with van der Waals surface area (Å²) >= 11 is 0. The molecule has 5 N–H and O–H groups in total. The average Bonchev–Trinajstić information content (AvgIpc) is 2.17. The van der Waals surface area contributed by atoms with Crippen LogP contribution in [0.1, 0.15) is 0 Å². The van der Waals surface area contributed by atoms with E-state index in [1.165, 1.54) is 0 Å². The highest BCUT2D eigenvalue weighted by molar-refractivity contribution is 7.46. The molecule has 0 saturated carbocycles. The summed E-state index contributed by atoms with van der Waals surface area (Å²) in [6.07, 6.45) is -6.80. The van der Waals surface area contributed by atoms with E-state index in [2.05, 4.69) is 9.26 Å². The predicted octanol–water partition coefficient (Wildman–Crippen LogP) is -2.90. The van der Waals surface area contributed by atoms with E-state index in [1.54, 1.807) is 0 Å². The van der Waals surface area contributed by atoms with Crippen LogP contribution in [0, 0.1) is 0 Å². The SMILES string of the molecule is O=C1OC(COP(=O)(O)O)[C@@H](O)[C@@H](O)C1O. The van der Waals surface area contributed by atoms with Crippen molar-refractivity contribution in [2.45, 2.75) is 24.4 Å². The van der Waals surface area contributed by atoms with Gasteiger partial charge in [0.25, 0.3) is 0 Å². The van der Waals surface area contributed by atoms with Gasteiger partial charge in [-0.1, -0.05) is 0 Å². The molecule has 0 aromatic rings. The average molecular weight is 258 g/mol. The van der Waals surface area contributed by atoms with E-state index in [9.17, 15) is 14.5 Å². The highest BCUT2D eigenvalue weighted by Gasteiger charge is 2.44. The normalized spacial score (nSPS) is 35.9. The molecule has 0 bridgehead atoms. The van der Waals surface area contributed by atoms with Crippen LogP contribution < -0.4 is 0 Å². The molecular formula is C6H11O9P. The summed E-state index contributed by atoms with van der Waals surface area (Å²) < 4.78 is 18.8. The maximum atomic E-state index is 10.9. The molecule has 16 heavy (non-hydrogen) atoms. The molecule has 0 radical (unpaired) electrons. The summed E-state index contributed by atoms with van der Waals surface area (Å²) in [7, 11) is -4.76. The van der Waals surface area contributed by atoms with Gasteiger partial charge in [0.2, 0.25) is 0 Å². The molecule has 0 aliphatic carbocycles. The lowest BCUT2D eigenvalue weighted by molar-refractivity contribution is -0.206. The molecule has 94 valence electrons. The minimum atomic E-state index is -4.76. The molecule has 0 amide bonds. The molecule has 10 heteroatoms. The van der Waals surface area contributed by atoms with Gasteiger partial charge in [-0.2, -0.15) is 0 Å². The number of aliphatic hydroxyl groups is 3. The Kier molecular flexibility index (Phi) is 4.02. The number of phosphoric ester groups is 1. The fourth-order valence-electron chi connectivity index (χ4n) is 1.14. The first-order valence-corrected chi connectivity index (χ1v) is 5.70. The fourth-order valence-corrected chi connectivity index (χ4v) is 1.48. The van der Waals surface area contributed by atoms with Gasteiger partial charge in [0.1, 0.15) is 12.2 Å². The zero-order chi connectivity index (χ0) is 12.5. The zero-order valence-corrected chi connectivity index (χ0v) is 8.73. The van der Waals surface area contributed by atoms with Gasteiger partial charge in [0.05, 0.1) is 6.61 Å². The second kappa shape index (κ2) is 4.76. The molecule has 0 spiro atoms. The van der Waals surface area contributed by atoms with Crippen LogP contribution >= 0.6 is 7.82 Å². The maximum absolute atomic E-state index is 10.9. The molecule has 2 unspecified atom stereocenters. The molecule has 4 atom stereocenters. The Balaban J connectivity index is 2.61. The monoisotopic (exact) mass is 258 g/mol. The number of aliphatic hydroxyl groups excluding tert-OH is 3. The van der Waals surface area contributed by atoms with Gasteiger partial charge < -0.3 is 29.8 Å². The third-order valence-electron chi connectivity index (χ3n) is 1.97. The minimum Gasteiger partial charge on any atom is -0.455 e. The summed E-state index contributed by atoms with van der Waals surface area (Å²) in [4.78, 5) is 27.6. The van der Waals surface area contributed by atoms with Crippen molar-refractivity contribution in [2.75, 3.05) is 6.61 Å². The van der Waals surface area contributed by atoms with Crippen molar-refractivity contribution in [3.8, 4) is 0 Å². The molecule has 1 fully saturated rings. The van der Waals surface area contributed by atoms with E-state index in [4.69, 9.17) is 20.0 Å². The van der Waals surface area contributed by atoms with Gasteiger partial charge in [-0.15, -0.1) is 0 Å². The first kappa shape index (κ1) is 13.5. The van der Waals surface area contributed by atoms with E-state index in [0.29, 0.717) is 0 Å². The Bertz CT molecular complexity index is 311. The molecule has 1 aliphatic heterocycles. The summed E-state index contributed by atoms with van der Waals surface area (Å²) in [5, 5.41) is 27.5. The topological polar surface area (TPSA) is 154 Å². The summed E-state index contributed by atoms with van der Waals surface area (Å²) in [6, 6.07) is 0. The van der Waals surface area contributed by atoms with Gasteiger partial charge in [0.15, 0.2) is 12.2 Å². The number of hydrogen-bond acceptors (Lipinski definition) is 7. The van der Waals surface area contributed by atoms with Crippen LogP contribution in [0.3, 0.4) is 0 Å². The van der Waals surface area contributed by atoms with Gasteiger partial charge in [-0.3, -0.25) is 4.52 Å². The standard InChI is InChI=1S/C6H11O9P/c7-3-2(1-14-16(11,12)13)15-6(10)5(9)4(3)8/h2-5,7-9H,1H2,(H2,11,12,13)/t2?,3-,4-,5?/m1/s1. The number of rotatable bonds is 3. The Hall–Kier alpha value is -0.540. The van der Waals surface area contributed by atoms with Crippen LogP contribution in [0.25, 0.3) is 0 Å². The van der Waals surface area contributed by atoms with Crippen molar-refractivity contribution >= 4 is 13.8 Å². The zero-order valence-electron chi connectivity index (χ0n) is 7.83. The first-order valence-electron chi connectivity index (χ1n) is 4.17. The third-order valence-corrected chi connectivity index (χ3v) is 2.46. The highest BCUT2D eigenvalue weighted by Crippen LogP contribution is 2.36. The highest BCUT2D eigenvalue weighted by atomic mass is 31.2. The van der Waals surface area contributed by atoms with Crippen LogP contribution in [0.15, 0.2) is 0 Å². The van der Waals surface area contributed by atoms with E-state index in [-0.39, 0.29) is 0 Å². The molecule has 0 aromatic carbocycles. The Morgan fingerprint density at radius 3 is 2.31 bits per heavy atom. The van der Waals surface area contributed by atoms with Crippen LogP contribution in [0.2, 0.25) is 0 Å². The molecule has 0 aromatic heterocycles. The number of hydrogen-bond donors (Lipinski definition) is 5. The number of esters is 1. The van der Waals surface area contributed by atoms with Crippen LogP contribution in [-0.4, -0.2) is 62.1 Å². The number of carbonyl (C=O) groups is 1. The van der Waals surface area contributed by atoms with Crippen molar-refractivity contribution in [3.63, 3.8) is 0 Å². The lowest BCUT2D eigenvalue weighted by Crippen LogP contribution is -2.56. The van der Waals surface area contributed by atoms with Crippen LogP contribution in [0.4, 0.5) is 0 Å². The van der Waals surface area contributed by atoms with Gasteiger partial charge in [-0.05, 0) is 0 Å². The predicted molar refractivity (Wildman–Crippen MR) is 45.9 cm³/mol. The summed E-state index contributed by atoms with van der Waals surface area (Å²) in [5.74, 6) is -1.20. The molecule has 1 heterocycles. The van der Waals surface area contributed by atoms with Gasteiger partial charge in [0, 0.05) is 0 Å². The van der Waals surface area contributed by atoms with Crippen molar-refractivity contribution in [3.05, 3.63) is 0 Å². The van der Waals surface area contributed by atoms with Crippen molar-refractivity contribution in [1.82, 2.24) is 0 Å². The largest absolute Gasteiger partial charge is 0.469 e. The number of phosphoric acid groups is 1. The van der Waals surface area contributed by atoms with Crippen molar-refractivity contribution in [2.24, 2.45) is 0 Å².